The van der Waals surface area contributed by atoms with Crippen molar-refractivity contribution in [2.45, 2.75) is 25.7 Å². The molecular formula is C18H19NO4S. The van der Waals surface area contributed by atoms with Gasteiger partial charge in [0.05, 0.1) is 17.6 Å². The van der Waals surface area contributed by atoms with Crippen LogP contribution in [-0.2, 0) is 19.3 Å². The van der Waals surface area contributed by atoms with Crippen molar-refractivity contribution in [2.75, 3.05) is 13.7 Å². The molecule has 0 unspecified atom stereocenters. The molecule has 5 nitrogen and oxygen atoms in total. The van der Waals surface area contributed by atoms with Gasteiger partial charge < -0.3 is 15.2 Å². The zero-order chi connectivity index (χ0) is 17.1. The number of nitrogens with one attached hydrogen (secondary N) is 1. The highest BCUT2D eigenvalue weighted by atomic mass is 32.1. The average molecular weight is 345 g/mol. The highest BCUT2D eigenvalue weighted by Crippen LogP contribution is 2.30. The second-order valence-electron chi connectivity index (χ2n) is 5.75. The van der Waals surface area contributed by atoms with Crippen molar-refractivity contribution < 1.29 is 19.4 Å². The molecule has 0 saturated carbocycles. The maximum absolute atomic E-state index is 12.2. The number of hydrogen-bond donors (Lipinski definition) is 2. The van der Waals surface area contributed by atoms with Crippen LogP contribution in [0, 0.1) is 0 Å². The number of thiophene rings is 1. The number of rotatable bonds is 6. The van der Waals surface area contributed by atoms with Gasteiger partial charge >= 0.3 is 5.97 Å². The average Bonchev–Trinajstić information content (AvgIpc) is 3.16. The summed E-state index contributed by atoms with van der Waals surface area (Å²) in [5, 5.41) is 11.9. The molecule has 1 heterocycles. The smallest absolute Gasteiger partial charge is 0.335 e. The van der Waals surface area contributed by atoms with Crippen molar-refractivity contribution in [3.8, 4) is 5.75 Å². The highest BCUT2D eigenvalue weighted by Gasteiger charge is 2.18. The summed E-state index contributed by atoms with van der Waals surface area (Å²) in [4.78, 5) is 25.3. The minimum atomic E-state index is -0.987. The van der Waals surface area contributed by atoms with E-state index in [1.54, 1.807) is 23.5 Å². The van der Waals surface area contributed by atoms with Gasteiger partial charge in [0, 0.05) is 11.4 Å². The first-order valence-electron chi connectivity index (χ1n) is 7.88. The molecule has 2 aromatic rings. The van der Waals surface area contributed by atoms with Gasteiger partial charge in [-0.25, -0.2) is 4.79 Å². The predicted octanol–water partition coefficient (Wildman–Crippen LogP) is 2.92. The van der Waals surface area contributed by atoms with E-state index in [9.17, 15) is 9.59 Å². The Morgan fingerprint density at radius 2 is 2.12 bits per heavy atom. The largest absolute Gasteiger partial charge is 0.496 e. The number of carboxylic acids is 1. The maximum Gasteiger partial charge on any atom is 0.335 e. The van der Waals surface area contributed by atoms with E-state index in [4.69, 9.17) is 9.84 Å². The lowest BCUT2D eigenvalue weighted by Crippen LogP contribution is -2.25. The summed E-state index contributed by atoms with van der Waals surface area (Å²) < 4.78 is 5.25. The first kappa shape index (κ1) is 16.5. The Labute approximate surface area is 144 Å². The molecule has 0 fully saturated rings. The summed E-state index contributed by atoms with van der Waals surface area (Å²) in [6, 6.07) is 6.79. The molecular weight excluding hydrogens is 326 g/mol. The molecule has 24 heavy (non-hydrogen) atoms. The number of aromatic carboxylic acids is 1. The van der Waals surface area contributed by atoms with Crippen LogP contribution in [0.5, 0.6) is 5.75 Å². The number of hydrogen-bond acceptors (Lipinski definition) is 4. The quantitative estimate of drug-likeness (QED) is 0.844. The van der Waals surface area contributed by atoms with E-state index in [1.807, 2.05) is 6.07 Å². The number of fused-ring (bicyclic) bond motifs is 1. The first-order chi connectivity index (χ1) is 11.6. The number of carbonyl (C=O) groups excluding carboxylic acids is 1. The number of carbonyl (C=O) groups is 2. The standard InChI is InChI=1S/C18H19NO4S/c1-23-14-9-13(18(21)22)6-5-11(14)7-8-19-17(20)16-10-12-3-2-4-15(12)24-16/h5-6,9-10H,2-4,7-8H2,1H3,(H,19,20)(H,21,22). The van der Waals surface area contributed by atoms with Crippen LogP contribution in [0.1, 0.15) is 42.5 Å². The Bertz CT molecular complexity index is 760. The van der Waals surface area contributed by atoms with Crippen molar-refractivity contribution in [2.24, 2.45) is 0 Å². The van der Waals surface area contributed by atoms with E-state index >= 15 is 0 Å². The Morgan fingerprint density at radius 3 is 2.83 bits per heavy atom. The van der Waals surface area contributed by atoms with Crippen molar-refractivity contribution in [3.05, 3.63) is 50.7 Å². The van der Waals surface area contributed by atoms with Crippen LogP contribution in [0.3, 0.4) is 0 Å². The third kappa shape index (κ3) is 3.43. The molecule has 2 N–H and O–H groups in total. The zero-order valence-corrected chi connectivity index (χ0v) is 14.2. The van der Waals surface area contributed by atoms with Gasteiger partial charge in [-0.1, -0.05) is 6.07 Å². The monoisotopic (exact) mass is 345 g/mol. The van der Waals surface area contributed by atoms with Gasteiger partial charge in [0.25, 0.3) is 5.91 Å². The molecule has 1 aliphatic carbocycles. The van der Waals surface area contributed by atoms with Crippen molar-refractivity contribution >= 4 is 23.2 Å². The summed E-state index contributed by atoms with van der Waals surface area (Å²) in [7, 11) is 1.51. The highest BCUT2D eigenvalue weighted by molar-refractivity contribution is 7.14. The molecule has 0 aliphatic heterocycles. The van der Waals surface area contributed by atoms with E-state index in [0.29, 0.717) is 18.7 Å². The summed E-state index contributed by atoms with van der Waals surface area (Å²) in [6.45, 7) is 0.476. The van der Waals surface area contributed by atoms with Crippen LogP contribution in [0.2, 0.25) is 0 Å². The number of carboxylic acid groups (broad SMARTS) is 1. The van der Waals surface area contributed by atoms with Gasteiger partial charge in [-0.3, -0.25) is 4.79 Å². The molecule has 6 heteroatoms. The number of methoxy groups -OCH3 is 1. The van der Waals surface area contributed by atoms with Crippen LogP contribution < -0.4 is 10.1 Å². The summed E-state index contributed by atoms with van der Waals surface area (Å²) in [5.74, 6) is -0.506. The van der Waals surface area contributed by atoms with Crippen LogP contribution in [0.4, 0.5) is 0 Å². The van der Waals surface area contributed by atoms with E-state index in [0.717, 1.165) is 23.3 Å². The second-order valence-corrected chi connectivity index (χ2v) is 6.89. The van der Waals surface area contributed by atoms with E-state index in [-0.39, 0.29) is 11.5 Å². The van der Waals surface area contributed by atoms with Gasteiger partial charge in [-0.05, 0) is 55.0 Å². The third-order valence-corrected chi connectivity index (χ3v) is 5.42. The molecule has 1 aromatic carbocycles. The number of ether oxygens (including phenoxy) is 1. The van der Waals surface area contributed by atoms with Gasteiger partial charge in [0.1, 0.15) is 5.75 Å². The Kier molecular flexibility index (Phi) is 4.85. The van der Waals surface area contributed by atoms with Crippen LogP contribution in [0.25, 0.3) is 0 Å². The number of aryl methyl sites for hydroxylation is 2. The van der Waals surface area contributed by atoms with Crippen molar-refractivity contribution in [1.29, 1.82) is 0 Å². The molecule has 0 spiro atoms. The van der Waals surface area contributed by atoms with Crippen LogP contribution >= 0.6 is 11.3 Å². The summed E-state index contributed by atoms with van der Waals surface area (Å²) in [6.07, 6.45) is 3.93. The van der Waals surface area contributed by atoms with Crippen LogP contribution in [0.15, 0.2) is 24.3 Å². The fourth-order valence-electron chi connectivity index (χ4n) is 2.92. The molecule has 126 valence electrons. The summed E-state index contributed by atoms with van der Waals surface area (Å²) in [5.41, 5.74) is 2.38. The fourth-order valence-corrected chi connectivity index (χ4v) is 4.09. The van der Waals surface area contributed by atoms with Crippen molar-refractivity contribution in [1.82, 2.24) is 5.32 Å². The van der Waals surface area contributed by atoms with E-state index in [1.165, 1.54) is 30.0 Å². The lowest BCUT2D eigenvalue weighted by atomic mass is 10.1. The van der Waals surface area contributed by atoms with E-state index in [2.05, 4.69) is 5.32 Å². The van der Waals surface area contributed by atoms with Gasteiger partial charge in [0.15, 0.2) is 0 Å². The molecule has 0 saturated heterocycles. The maximum atomic E-state index is 12.2. The zero-order valence-electron chi connectivity index (χ0n) is 13.4. The lowest BCUT2D eigenvalue weighted by molar-refractivity contribution is 0.0696. The molecule has 0 atom stereocenters. The first-order valence-corrected chi connectivity index (χ1v) is 8.70. The normalized spacial score (nSPS) is 12.7. The molecule has 1 amide bonds. The number of benzene rings is 1. The molecule has 0 radical (unpaired) electrons. The predicted molar refractivity (Wildman–Crippen MR) is 92.3 cm³/mol. The number of amides is 1. The van der Waals surface area contributed by atoms with Gasteiger partial charge in [0.2, 0.25) is 0 Å². The van der Waals surface area contributed by atoms with E-state index < -0.39 is 5.97 Å². The second kappa shape index (κ2) is 7.05. The minimum Gasteiger partial charge on any atom is -0.496 e. The molecule has 1 aromatic heterocycles. The molecule has 0 bridgehead atoms. The SMILES string of the molecule is COc1cc(C(=O)O)ccc1CCNC(=O)c1cc2c(s1)CCC2. The Morgan fingerprint density at radius 1 is 1.29 bits per heavy atom. The van der Waals surface area contributed by atoms with Gasteiger partial charge in [-0.2, -0.15) is 0 Å². The fraction of sp³-hybridized carbons (Fsp3) is 0.333. The summed E-state index contributed by atoms with van der Waals surface area (Å²) >= 11 is 1.59. The van der Waals surface area contributed by atoms with Crippen LogP contribution in [-0.4, -0.2) is 30.6 Å². The van der Waals surface area contributed by atoms with Gasteiger partial charge in [-0.15, -0.1) is 11.3 Å². The topological polar surface area (TPSA) is 75.6 Å². The molecule has 3 rings (SSSR count). The Hall–Kier alpha value is -2.34. The lowest BCUT2D eigenvalue weighted by Gasteiger charge is -2.10. The molecule has 1 aliphatic rings. The third-order valence-electron chi connectivity index (χ3n) is 4.18. The Balaban J connectivity index is 1.59. The minimum absolute atomic E-state index is 0.0458. The van der Waals surface area contributed by atoms with Crippen molar-refractivity contribution in [3.63, 3.8) is 0 Å².